The molecule has 8 heteroatoms. The van der Waals surface area contributed by atoms with E-state index < -0.39 is 30.1 Å². The predicted molar refractivity (Wildman–Crippen MR) is 82.5 cm³/mol. The molecule has 1 aliphatic carbocycles. The molecule has 1 saturated carbocycles. The average Bonchev–Trinajstić information content (AvgIpc) is 2.70. The number of nitrogens with zero attached hydrogens (tertiary/aromatic N) is 2. The normalized spacial score (nSPS) is 20.1. The molecule has 0 aromatic carbocycles. The van der Waals surface area contributed by atoms with E-state index in [2.05, 4.69) is 10.6 Å². The van der Waals surface area contributed by atoms with E-state index in [9.17, 15) is 19.2 Å². The van der Waals surface area contributed by atoms with E-state index in [1.807, 2.05) is 6.92 Å². The molecule has 0 bridgehead atoms. The lowest BCUT2D eigenvalue weighted by atomic mass is 9.81. The summed E-state index contributed by atoms with van der Waals surface area (Å²) in [5, 5.41) is 4.64. The Morgan fingerprint density at radius 1 is 1.17 bits per heavy atom. The average molecular weight is 324 g/mol. The fourth-order valence-electron chi connectivity index (χ4n) is 3.26. The molecule has 2 fully saturated rings. The first-order chi connectivity index (χ1) is 10.9. The first kappa shape index (κ1) is 17.2. The molecule has 6 amide bonds. The van der Waals surface area contributed by atoms with Crippen LogP contribution in [-0.2, 0) is 9.59 Å². The fraction of sp³-hybridized carbons (Fsp3) is 0.733. The van der Waals surface area contributed by atoms with E-state index in [0.29, 0.717) is 19.4 Å². The second kappa shape index (κ2) is 6.97. The van der Waals surface area contributed by atoms with Crippen LogP contribution >= 0.6 is 0 Å². The third-order valence-electron chi connectivity index (χ3n) is 4.57. The van der Waals surface area contributed by atoms with Crippen LogP contribution in [0, 0.1) is 0 Å². The number of rotatable bonds is 4. The van der Waals surface area contributed by atoms with Crippen molar-refractivity contribution in [3.63, 3.8) is 0 Å². The van der Waals surface area contributed by atoms with Crippen LogP contribution in [0.5, 0.6) is 0 Å². The summed E-state index contributed by atoms with van der Waals surface area (Å²) in [6, 6.07) is -1.09. The maximum Gasteiger partial charge on any atom is 0.327 e. The number of urea groups is 2. The van der Waals surface area contributed by atoms with Crippen LogP contribution in [0.2, 0.25) is 0 Å². The molecule has 1 heterocycles. The van der Waals surface area contributed by atoms with Crippen LogP contribution < -0.4 is 10.6 Å². The Bertz CT molecular complexity index is 514. The predicted octanol–water partition coefficient (Wildman–Crippen LogP) is 0.819. The molecule has 0 unspecified atom stereocenters. The highest BCUT2D eigenvalue weighted by Gasteiger charge is 2.55. The molecule has 0 aromatic rings. The molecule has 0 atom stereocenters. The van der Waals surface area contributed by atoms with Gasteiger partial charge in [0, 0.05) is 13.6 Å². The largest absolute Gasteiger partial charge is 0.338 e. The highest BCUT2D eigenvalue weighted by atomic mass is 16.2. The number of carbonyl (C=O) groups excluding carboxylic acids is 4. The first-order valence-corrected chi connectivity index (χ1v) is 8.10. The van der Waals surface area contributed by atoms with Crippen LogP contribution in [0.1, 0.15) is 45.4 Å². The number of nitrogens with one attached hydrogen (secondary N) is 2. The minimum absolute atomic E-state index is 0.325. The van der Waals surface area contributed by atoms with Gasteiger partial charge in [0.2, 0.25) is 5.91 Å². The van der Waals surface area contributed by atoms with Crippen molar-refractivity contribution >= 4 is 23.9 Å². The molecular weight excluding hydrogens is 300 g/mol. The minimum atomic E-state index is -0.805. The standard InChI is InChI=1S/C15H24N4O4/c1-3-9-16-13(22)17-11(20)10-19-12(21)15(18(2)14(19)23)7-5-4-6-8-15/h3-10H2,1-2H3,(H2,16,17,20,22). The van der Waals surface area contributed by atoms with E-state index in [-0.39, 0.29) is 5.91 Å². The Kier molecular flexibility index (Phi) is 5.23. The Morgan fingerprint density at radius 2 is 1.83 bits per heavy atom. The van der Waals surface area contributed by atoms with Gasteiger partial charge in [-0.3, -0.25) is 19.8 Å². The maximum atomic E-state index is 12.7. The van der Waals surface area contributed by atoms with Gasteiger partial charge in [-0.25, -0.2) is 9.59 Å². The van der Waals surface area contributed by atoms with Gasteiger partial charge >= 0.3 is 12.1 Å². The van der Waals surface area contributed by atoms with Crippen LogP contribution in [0.4, 0.5) is 9.59 Å². The number of hydrogen-bond acceptors (Lipinski definition) is 4. The van der Waals surface area contributed by atoms with Gasteiger partial charge in [0.25, 0.3) is 5.91 Å². The SMILES string of the molecule is CCCNC(=O)NC(=O)CN1C(=O)N(C)C2(CCCCC2)C1=O. The van der Waals surface area contributed by atoms with Gasteiger partial charge < -0.3 is 10.2 Å². The lowest BCUT2D eigenvalue weighted by Gasteiger charge is -2.35. The molecule has 2 aliphatic rings. The van der Waals surface area contributed by atoms with Crippen LogP contribution in [0.3, 0.4) is 0 Å². The molecule has 23 heavy (non-hydrogen) atoms. The molecule has 1 aliphatic heterocycles. The Morgan fingerprint density at radius 3 is 2.43 bits per heavy atom. The third kappa shape index (κ3) is 3.30. The first-order valence-electron chi connectivity index (χ1n) is 8.10. The van der Waals surface area contributed by atoms with Crippen LogP contribution in [0.25, 0.3) is 0 Å². The molecular formula is C15H24N4O4. The minimum Gasteiger partial charge on any atom is -0.338 e. The summed E-state index contributed by atoms with van der Waals surface area (Å²) in [4.78, 5) is 50.8. The van der Waals surface area contributed by atoms with Crippen molar-refractivity contribution in [1.82, 2.24) is 20.4 Å². The molecule has 0 aromatic heterocycles. The fourth-order valence-corrected chi connectivity index (χ4v) is 3.26. The highest BCUT2D eigenvalue weighted by molar-refractivity contribution is 6.09. The van der Waals surface area contributed by atoms with E-state index in [1.54, 1.807) is 7.05 Å². The van der Waals surface area contributed by atoms with Crippen molar-refractivity contribution in [2.45, 2.75) is 51.0 Å². The zero-order valence-electron chi connectivity index (χ0n) is 13.7. The number of imide groups is 2. The third-order valence-corrected chi connectivity index (χ3v) is 4.57. The van der Waals surface area contributed by atoms with Gasteiger partial charge in [-0.2, -0.15) is 0 Å². The van der Waals surface area contributed by atoms with Gasteiger partial charge in [-0.15, -0.1) is 0 Å². The second-order valence-electron chi connectivity index (χ2n) is 6.13. The van der Waals surface area contributed by atoms with Crippen molar-refractivity contribution < 1.29 is 19.2 Å². The number of hydrogen-bond donors (Lipinski definition) is 2. The maximum absolute atomic E-state index is 12.7. The van der Waals surface area contributed by atoms with Gasteiger partial charge in [0.15, 0.2) is 0 Å². The summed E-state index contributed by atoms with van der Waals surface area (Å²) < 4.78 is 0. The highest BCUT2D eigenvalue weighted by Crippen LogP contribution is 2.39. The summed E-state index contributed by atoms with van der Waals surface area (Å²) >= 11 is 0. The van der Waals surface area contributed by atoms with E-state index >= 15 is 0 Å². The van der Waals surface area contributed by atoms with Gasteiger partial charge in [0.1, 0.15) is 12.1 Å². The van der Waals surface area contributed by atoms with Crippen molar-refractivity contribution in [3.8, 4) is 0 Å². The Balaban J connectivity index is 2.00. The number of carbonyl (C=O) groups is 4. The summed E-state index contributed by atoms with van der Waals surface area (Å²) in [6.07, 6.45) is 4.84. The zero-order valence-corrected chi connectivity index (χ0v) is 13.7. The van der Waals surface area contributed by atoms with Gasteiger partial charge in [0.05, 0.1) is 0 Å². The molecule has 2 N–H and O–H groups in total. The summed E-state index contributed by atoms with van der Waals surface area (Å²) in [6.45, 7) is 1.92. The van der Waals surface area contributed by atoms with Crippen molar-refractivity contribution in [1.29, 1.82) is 0 Å². The molecule has 1 saturated heterocycles. The van der Waals surface area contributed by atoms with Crippen molar-refractivity contribution in [2.24, 2.45) is 0 Å². The molecule has 2 rings (SSSR count). The lowest BCUT2D eigenvalue weighted by molar-refractivity contribution is -0.137. The number of likely N-dealkylation sites (N-methyl/N-ethyl adjacent to an activating group) is 1. The molecule has 128 valence electrons. The van der Waals surface area contributed by atoms with E-state index in [1.165, 1.54) is 4.90 Å². The topological polar surface area (TPSA) is 98.8 Å². The zero-order chi connectivity index (χ0) is 17.0. The van der Waals surface area contributed by atoms with Crippen molar-refractivity contribution in [2.75, 3.05) is 20.1 Å². The summed E-state index contributed by atoms with van der Waals surface area (Å²) in [5.74, 6) is -0.990. The van der Waals surface area contributed by atoms with Gasteiger partial charge in [-0.1, -0.05) is 26.2 Å². The number of amides is 6. The Hall–Kier alpha value is -2.12. The summed E-state index contributed by atoms with van der Waals surface area (Å²) in [5.41, 5.74) is -0.805. The smallest absolute Gasteiger partial charge is 0.327 e. The quantitative estimate of drug-likeness (QED) is 0.748. The monoisotopic (exact) mass is 324 g/mol. The van der Waals surface area contributed by atoms with Crippen molar-refractivity contribution in [3.05, 3.63) is 0 Å². The van der Waals surface area contributed by atoms with Crippen LogP contribution in [-0.4, -0.2) is 59.4 Å². The van der Waals surface area contributed by atoms with Gasteiger partial charge in [-0.05, 0) is 19.3 Å². The second-order valence-corrected chi connectivity index (χ2v) is 6.13. The Labute approximate surface area is 135 Å². The summed E-state index contributed by atoms with van der Waals surface area (Å²) in [7, 11) is 1.61. The lowest BCUT2D eigenvalue weighted by Crippen LogP contribution is -2.50. The van der Waals surface area contributed by atoms with E-state index in [0.717, 1.165) is 30.6 Å². The van der Waals surface area contributed by atoms with Crippen LogP contribution in [0.15, 0.2) is 0 Å². The van der Waals surface area contributed by atoms with E-state index in [4.69, 9.17) is 0 Å². The molecule has 1 spiro atoms. The molecule has 8 nitrogen and oxygen atoms in total. The molecule has 0 radical (unpaired) electrons.